The third kappa shape index (κ3) is 6.90. The zero-order valence-corrected chi connectivity index (χ0v) is 27.3. The van der Waals surface area contributed by atoms with Crippen LogP contribution in [0.3, 0.4) is 0 Å². The molecule has 0 aliphatic heterocycles. The lowest BCUT2D eigenvalue weighted by atomic mass is 9.88. The highest BCUT2D eigenvalue weighted by Gasteiger charge is 2.14. The van der Waals surface area contributed by atoms with Gasteiger partial charge in [0.15, 0.2) is 0 Å². The summed E-state index contributed by atoms with van der Waals surface area (Å²) in [4.78, 5) is 0. The molecule has 7 aromatic rings. The van der Waals surface area contributed by atoms with Crippen LogP contribution in [0.15, 0.2) is 121 Å². The van der Waals surface area contributed by atoms with Crippen LogP contribution in [0.4, 0.5) is 4.39 Å². The summed E-state index contributed by atoms with van der Waals surface area (Å²) in [6.45, 7) is 2.99. The molecule has 0 saturated carbocycles. The molecule has 1 nitrogen and oxygen atoms in total. The van der Waals surface area contributed by atoms with Crippen molar-refractivity contribution in [2.45, 2.75) is 45.4 Å². The molecule has 0 heterocycles. The van der Waals surface area contributed by atoms with Crippen LogP contribution in [-0.4, -0.2) is 6.61 Å². The Morgan fingerprint density at radius 1 is 0.479 bits per heavy atom. The zero-order chi connectivity index (χ0) is 32.7. The molecule has 0 aliphatic rings. The lowest BCUT2D eigenvalue weighted by molar-refractivity contribution is 0.304. The molecule has 0 spiro atoms. The Kier molecular flexibility index (Phi) is 9.36. The van der Waals surface area contributed by atoms with Gasteiger partial charge >= 0.3 is 0 Å². The Morgan fingerprint density at radius 2 is 0.896 bits per heavy atom. The third-order valence-electron chi connectivity index (χ3n) is 8.98. The molecule has 48 heavy (non-hydrogen) atoms. The average Bonchev–Trinajstić information content (AvgIpc) is 3.12. The molecule has 0 unspecified atom stereocenters. The second-order valence-electron chi connectivity index (χ2n) is 12.4. The van der Waals surface area contributed by atoms with Gasteiger partial charge in [-0.25, -0.2) is 4.39 Å². The number of halogens is 1. The van der Waals surface area contributed by atoms with Gasteiger partial charge in [-0.2, -0.15) is 0 Å². The summed E-state index contributed by atoms with van der Waals surface area (Å²) >= 11 is 0. The van der Waals surface area contributed by atoms with Crippen molar-refractivity contribution in [2.75, 3.05) is 6.61 Å². The van der Waals surface area contributed by atoms with E-state index in [1.807, 2.05) is 24.3 Å². The standard InChI is InChI=1S/C46H37FO/c1-2-3-4-5-6-11-28-48-40-24-18-34(19-25-40)21-27-42-45-31-37-14-9-7-12-35(37)29-43(45)41(26-20-33-16-22-39(47)23-17-33)44-30-36-13-8-10-15-38(36)32-46(42)44/h7-10,12-19,22-25,29-32H,2-6,11,28H2,1H3. The van der Waals surface area contributed by atoms with Crippen molar-refractivity contribution in [1.82, 2.24) is 0 Å². The molecule has 234 valence electrons. The van der Waals surface area contributed by atoms with Crippen molar-refractivity contribution in [3.8, 4) is 29.4 Å². The quantitative estimate of drug-likeness (QED) is 0.0928. The molecule has 0 N–H and O–H groups in total. The van der Waals surface area contributed by atoms with E-state index in [-0.39, 0.29) is 5.82 Å². The Bertz CT molecular complexity index is 2260. The first-order valence-corrected chi connectivity index (χ1v) is 17.0. The van der Waals surface area contributed by atoms with Gasteiger partial charge in [0.25, 0.3) is 0 Å². The predicted molar refractivity (Wildman–Crippen MR) is 200 cm³/mol. The van der Waals surface area contributed by atoms with Crippen LogP contribution in [0.5, 0.6) is 5.75 Å². The minimum absolute atomic E-state index is 0.271. The third-order valence-corrected chi connectivity index (χ3v) is 8.98. The van der Waals surface area contributed by atoms with Crippen LogP contribution < -0.4 is 4.74 Å². The number of hydrogen-bond acceptors (Lipinski definition) is 1. The van der Waals surface area contributed by atoms with Gasteiger partial charge in [-0.15, -0.1) is 0 Å². The highest BCUT2D eigenvalue weighted by Crippen LogP contribution is 2.37. The Morgan fingerprint density at radius 3 is 1.35 bits per heavy atom. The molecular weight excluding hydrogens is 588 g/mol. The summed E-state index contributed by atoms with van der Waals surface area (Å²) in [5.74, 6) is 14.5. The Balaban J connectivity index is 1.33. The molecule has 2 heteroatoms. The smallest absolute Gasteiger partial charge is 0.123 e. The highest BCUT2D eigenvalue weighted by atomic mass is 19.1. The first kappa shape index (κ1) is 31.1. The van der Waals surface area contributed by atoms with Crippen LogP contribution in [0, 0.1) is 29.5 Å². The Hall–Kier alpha value is -5.57. The molecule has 7 aromatic carbocycles. The maximum Gasteiger partial charge on any atom is 0.123 e. The Labute approximate surface area is 282 Å². The molecule has 0 aliphatic carbocycles. The molecule has 0 bridgehead atoms. The van der Waals surface area contributed by atoms with Crippen molar-refractivity contribution >= 4 is 43.1 Å². The molecule has 0 aromatic heterocycles. The normalized spacial score (nSPS) is 11.0. The molecule has 0 atom stereocenters. The summed E-state index contributed by atoms with van der Waals surface area (Å²) in [6, 6.07) is 40.3. The van der Waals surface area contributed by atoms with Gasteiger partial charge in [0.2, 0.25) is 0 Å². The van der Waals surface area contributed by atoms with E-state index in [2.05, 4.69) is 103 Å². The second-order valence-corrected chi connectivity index (χ2v) is 12.4. The number of hydrogen-bond donors (Lipinski definition) is 0. The van der Waals surface area contributed by atoms with E-state index >= 15 is 0 Å². The van der Waals surface area contributed by atoms with Crippen LogP contribution in [0.1, 0.15) is 67.7 Å². The molecule has 0 radical (unpaired) electrons. The van der Waals surface area contributed by atoms with Crippen molar-refractivity contribution in [2.24, 2.45) is 0 Å². The fourth-order valence-electron chi connectivity index (χ4n) is 6.38. The number of fused-ring (bicyclic) bond motifs is 4. The maximum atomic E-state index is 13.7. The SMILES string of the molecule is CCCCCCCCOc1ccc(C#Cc2c3cc4ccccc4cc3c(C#Cc3ccc(F)cc3)c3cc4ccccc4cc23)cc1. The van der Waals surface area contributed by atoms with E-state index < -0.39 is 0 Å². The van der Waals surface area contributed by atoms with Crippen molar-refractivity contribution in [1.29, 1.82) is 0 Å². The molecule has 7 rings (SSSR count). The topological polar surface area (TPSA) is 9.23 Å². The zero-order valence-electron chi connectivity index (χ0n) is 27.3. The maximum absolute atomic E-state index is 13.7. The summed E-state index contributed by atoms with van der Waals surface area (Å²) in [5, 5.41) is 8.81. The minimum Gasteiger partial charge on any atom is -0.494 e. The number of ether oxygens (including phenoxy) is 1. The monoisotopic (exact) mass is 624 g/mol. The molecule has 0 saturated heterocycles. The first-order valence-electron chi connectivity index (χ1n) is 17.0. The number of benzene rings is 7. The number of unbranched alkanes of at least 4 members (excludes halogenated alkanes) is 5. The van der Waals surface area contributed by atoms with Gasteiger partial charge in [0.1, 0.15) is 11.6 Å². The van der Waals surface area contributed by atoms with Gasteiger partial charge in [0, 0.05) is 22.3 Å². The van der Waals surface area contributed by atoms with E-state index in [4.69, 9.17) is 4.74 Å². The predicted octanol–water partition coefficient (Wildman–Crippen LogP) is 12.0. The molecule has 0 amide bonds. The summed E-state index contributed by atoms with van der Waals surface area (Å²) in [7, 11) is 0. The van der Waals surface area contributed by atoms with E-state index in [9.17, 15) is 4.39 Å². The van der Waals surface area contributed by atoms with Gasteiger partial charge < -0.3 is 4.74 Å². The van der Waals surface area contributed by atoms with Gasteiger partial charge in [-0.1, -0.05) is 111 Å². The van der Waals surface area contributed by atoms with E-state index in [0.717, 1.165) is 84.1 Å². The summed E-state index contributed by atoms with van der Waals surface area (Å²) in [5.41, 5.74) is 3.62. The molecular formula is C46H37FO. The fraction of sp³-hybridized carbons (Fsp3) is 0.174. The van der Waals surface area contributed by atoms with Crippen LogP contribution in [0.2, 0.25) is 0 Å². The summed E-state index contributed by atoms with van der Waals surface area (Å²) in [6.07, 6.45) is 7.48. The van der Waals surface area contributed by atoms with Gasteiger partial charge in [-0.3, -0.25) is 0 Å². The van der Waals surface area contributed by atoms with Crippen LogP contribution >= 0.6 is 0 Å². The lowest BCUT2D eigenvalue weighted by Gasteiger charge is -2.14. The van der Waals surface area contributed by atoms with Gasteiger partial charge in [-0.05, 0) is 122 Å². The molecule has 0 fully saturated rings. The first-order chi connectivity index (χ1) is 23.7. The van der Waals surface area contributed by atoms with Gasteiger partial charge in [0.05, 0.1) is 6.61 Å². The highest BCUT2D eigenvalue weighted by molar-refractivity contribution is 6.16. The van der Waals surface area contributed by atoms with Crippen molar-refractivity contribution in [3.05, 3.63) is 149 Å². The largest absolute Gasteiger partial charge is 0.494 e. The van der Waals surface area contributed by atoms with Crippen molar-refractivity contribution in [3.63, 3.8) is 0 Å². The lowest BCUT2D eigenvalue weighted by Crippen LogP contribution is -1.97. The van der Waals surface area contributed by atoms with Crippen molar-refractivity contribution < 1.29 is 9.13 Å². The minimum atomic E-state index is -0.271. The summed E-state index contributed by atoms with van der Waals surface area (Å²) < 4.78 is 19.7. The number of rotatable bonds is 8. The second kappa shape index (κ2) is 14.5. The van der Waals surface area contributed by atoms with E-state index in [1.165, 1.54) is 44.2 Å². The fourth-order valence-corrected chi connectivity index (χ4v) is 6.38. The van der Waals surface area contributed by atoms with E-state index in [1.54, 1.807) is 12.1 Å². The van der Waals surface area contributed by atoms with Crippen LogP contribution in [-0.2, 0) is 0 Å². The average molecular weight is 625 g/mol. The van der Waals surface area contributed by atoms with Crippen LogP contribution in [0.25, 0.3) is 43.1 Å². The van der Waals surface area contributed by atoms with E-state index in [0.29, 0.717) is 0 Å².